The quantitative estimate of drug-likeness (QED) is 0.462. The number of hydrogen-bond donors (Lipinski definition) is 3. The molecule has 0 aromatic carbocycles. The molecule has 0 saturated heterocycles. The van der Waals surface area contributed by atoms with Crippen LogP contribution in [-0.4, -0.2) is 37.5 Å². The van der Waals surface area contributed by atoms with Crippen LogP contribution in [0.1, 0.15) is 47.5 Å². The molecule has 0 aliphatic heterocycles. The van der Waals surface area contributed by atoms with Gasteiger partial charge in [-0.2, -0.15) is 0 Å². The van der Waals surface area contributed by atoms with Gasteiger partial charge in [0.15, 0.2) is 5.96 Å². The molecule has 0 aliphatic carbocycles. The molecule has 0 fully saturated rings. The van der Waals surface area contributed by atoms with Crippen molar-refractivity contribution in [1.82, 2.24) is 16.0 Å². The largest absolute Gasteiger partial charge is 0.357 e. The molecule has 3 N–H and O–H groups in total. The molecule has 0 rings (SSSR count). The summed E-state index contributed by atoms with van der Waals surface area (Å²) in [5.74, 6) is 1.37. The van der Waals surface area contributed by atoms with Crippen LogP contribution in [0.5, 0.6) is 0 Å². The lowest BCUT2D eigenvalue weighted by molar-refractivity contribution is -0.119. The van der Waals surface area contributed by atoms with E-state index in [1.807, 2.05) is 13.8 Å². The van der Waals surface area contributed by atoms with E-state index in [1.165, 1.54) is 6.42 Å². The minimum atomic E-state index is -0.0467. The van der Waals surface area contributed by atoms with Crippen LogP contribution in [0.25, 0.3) is 0 Å². The Balaban J connectivity index is 4.22. The minimum absolute atomic E-state index is 0.0467. The summed E-state index contributed by atoms with van der Waals surface area (Å²) in [5, 5.41) is 9.22. The number of nitrogens with zero attached hydrogens (tertiary/aromatic N) is 1. The van der Waals surface area contributed by atoms with E-state index >= 15 is 0 Å². The first kappa shape index (κ1) is 17.7. The van der Waals surface area contributed by atoms with Crippen LogP contribution in [-0.2, 0) is 4.79 Å². The SMILES string of the molecule is CCNC(=O)CN=C(NCC)NC(C)CCC(C)C. The highest BCUT2D eigenvalue weighted by molar-refractivity contribution is 5.84. The normalized spacial score (nSPS) is 13.3. The van der Waals surface area contributed by atoms with Gasteiger partial charge in [0.05, 0.1) is 0 Å². The number of amides is 1. The molecule has 1 atom stereocenters. The van der Waals surface area contributed by atoms with Crippen molar-refractivity contribution < 1.29 is 4.79 Å². The van der Waals surface area contributed by atoms with Gasteiger partial charge >= 0.3 is 0 Å². The maximum Gasteiger partial charge on any atom is 0.241 e. The lowest BCUT2D eigenvalue weighted by atomic mass is 10.0. The summed E-state index contributed by atoms with van der Waals surface area (Å²) in [6, 6.07) is 0.356. The van der Waals surface area contributed by atoms with E-state index in [0.29, 0.717) is 24.5 Å². The second kappa shape index (κ2) is 10.6. The summed E-state index contributed by atoms with van der Waals surface area (Å²) >= 11 is 0. The highest BCUT2D eigenvalue weighted by Crippen LogP contribution is 2.06. The molecule has 5 heteroatoms. The van der Waals surface area contributed by atoms with Crippen LogP contribution in [0.4, 0.5) is 0 Å². The molecule has 0 saturated carbocycles. The Bertz CT molecular complexity index is 277. The van der Waals surface area contributed by atoms with Crippen LogP contribution < -0.4 is 16.0 Å². The first-order valence-electron chi connectivity index (χ1n) is 7.31. The Labute approximate surface area is 117 Å². The molecule has 0 aliphatic rings. The van der Waals surface area contributed by atoms with Crippen molar-refractivity contribution in [3.63, 3.8) is 0 Å². The number of guanidine groups is 1. The zero-order valence-electron chi connectivity index (χ0n) is 13.0. The predicted molar refractivity (Wildman–Crippen MR) is 81.3 cm³/mol. The van der Waals surface area contributed by atoms with E-state index in [2.05, 4.69) is 41.7 Å². The maximum atomic E-state index is 11.4. The number of carbonyl (C=O) groups excluding carboxylic acids is 1. The van der Waals surface area contributed by atoms with Crippen LogP contribution in [0.2, 0.25) is 0 Å². The topological polar surface area (TPSA) is 65.5 Å². The molecule has 0 spiro atoms. The first-order valence-corrected chi connectivity index (χ1v) is 7.31. The lowest BCUT2D eigenvalue weighted by Gasteiger charge is -2.18. The molecule has 1 unspecified atom stereocenters. The number of aliphatic imine (C=N–C) groups is 1. The molecule has 0 aromatic heterocycles. The van der Waals surface area contributed by atoms with Gasteiger partial charge in [0.1, 0.15) is 6.54 Å². The van der Waals surface area contributed by atoms with Gasteiger partial charge in [0.2, 0.25) is 5.91 Å². The third-order valence-corrected chi connectivity index (χ3v) is 2.66. The lowest BCUT2D eigenvalue weighted by Crippen LogP contribution is -2.43. The fourth-order valence-corrected chi connectivity index (χ4v) is 1.61. The molecular weight excluding hydrogens is 240 g/mol. The smallest absolute Gasteiger partial charge is 0.241 e. The van der Waals surface area contributed by atoms with Crippen molar-refractivity contribution in [2.45, 2.75) is 53.5 Å². The van der Waals surface area contributed by atoms with E-state index in [1.54, 1.807) is 0 Å². The second-order valence-electron chi connectivity index (χ2n) is 5.17. The molecule has 0 bridgehead atoms. The first-order chi connectivity index (χ1) is 8.99. The second-order valence-corrected chi connectivity index (χ2v) is 5.17. The van der Waals surface area contributed by atoms with E-state index in [9.17, 15) is 4.79 Å². The summed E-state index contributed by atoms with van der Waals surface area (Å²) in [6.07, 6.45) is 2.28. The number of rotatable bonds is 8. The molecule has 0 radical (unpaired) electrons. The van der Waals surface area contributed by atoms with Crippen molar-refractivity contribution in [3.8, 4) is 0 Å². The number of likely N-dealkylation sites (N-methyl/N-ethyl adjacent to an activating group) is 1. The molecule has 112 valence electrons. The van der Waals surface area contributed by atoms with E-state index < -0.39 is 0 Å². The summed E-state index contributed by atoms with van der Waals surface area (Å²) in [5.41, 5.74) is 0. The standard InChI is InChI=1S/C14H30N4O/c1-6-15-13(19)10-17-14(16-7-2)18-12(5)9-8-11(3)4/h11-12H,6-10H2,1-5H3,(H,15,19)(H2,16,17,18). The Morgan fingerprint density at radius 1 is 1.05 bits per heavy atom. The number of carbonyl (C=O) groups is 1. The Hall–Kier alpha value is -1.26. The third kappa shape index (κ3) is 10.4. The molecule has 0 aromatic rings. The zero-order chi connectivity index (χ0) is 14.7. The monoisotopic (exact) mass is 270 g/mol. The van der Waals surface area contributed by atoms with Gasteiger partial charge in [-0.05, 0) is 39.5 Å². The van der Waals surface area contributed by atoms with Crippen molar-refractivity contribution in [1.29, 1.82) is 0 Å². The highest BCUT2D eigenvalue weighted by Gasteiger charge is 2.07. The fraction of sp³-hybridized carbons (Fsp3) is 0.857. The summed E-state index contributed by atoms with van der Waals surface area (Å²) in [7, 11) is 0. The average Bonchev–Trinajstić information content (AvgIpc) is 2.34. The van der Waals surface area contributed by atoms with E-state index in [4.69, 9.17) is 0 Å². The Kier molecular flexibility index (Phi) is 9.94. The molecule has 19 heavy (non-hydrogen) atoms. The van der Waals surface area contributed by atoms with Crippen molar-refractivity contribution in [2.24, 2.45) is 10.9 Å². The zero-order valence-corrected chi connectivity index (χ0v) is 13.0. The Morgan fingerprint density at radius 2 is 1.68 bits per heavy atom. The molecule has 1 amide bonds. The van der Waals surface area contributed by atoms with Gasteiger partial charge < -0.3 is 16.0 Å². The van der Waals surface area contributed by atoms with Crippen LogP contribution in [0.3, 0.4) is 0 Å². The van der Waals surface area contributed by atoms with Crippen molar-refractivity contribution >= 4 is 11.9 Å². The molecular formula is C14H30N4O. The fourth-order valence-electron chi connectivity index (χ4n) is 1.61. The third-order valence-electron chi connectivity index (χ3n) is 2.66. The van der Waals surface area contributed by atoms with Gasteiger partial charge in [0.25, 0.3) is 0 Å². The summed E-state index contributed by atoms with van der Waals surface area (Å²) in [4.78, 5) is 15.7. The van der Waals surface area contributed by atoms with E-state index in [-0.39, 0.29) is 12.5 Å². The molecule has 5 nitrogen and oxygen atoms in total. The van der Waals surface area contributed by atoms with Gasteiger partial charge in [0, 0.05) is 19.1 Å². The average molecular weight is 270 g/mol. The van der Waals surface area contributed by atoms with Crippen LogP contribution in [0.15, 0.2) is 4.99 Å². The van der Waals surface area contributed by atoms with Gasteiger partial charge in [-0.1, -0.05) is 13.8 Å². The summed E-state index contributed by atoms with van der Waals surface area (Å²) in [6.45, 7) is 12.1. The van der Waals surface area contributed by atoms with Crippen molar-refractivity contribution in [3.05, 3.63) is 0 Å². The number of hydrogen-bond acceptors (Lipinski definition) is 2. The Morgan fingerprint density at radius 3 is 2.21 bits per heavy atom. The maximum absolute atomic E-state index is 11.4. The summed E-state index contributed by atoms with van der Waals surface area (Å²) < 4.78 is 0. The van der Waals surface area contributed by atoms with Gasteiger partial charge in [-0.25, -0.2) is 4.99 Å². The predicted octanol–water partition coefficient (Wildman–Crippen LogP) is 1.50. The van der Waals surface area contributed by atoms with Crippen LogP contribution >= 0.6 is 0 Å². The van der Waals surface area contributed by atoms with Gasteiger partial charge in [-0.15, -0.1) is 0 Å². The van der Waals surface area contributed by atoms with Crippen LogP contribution in [0, 0.1) is 5.92 Å². The van der Waals surface area contributed by atoms with E-state index in [0.717, 1.165) is 13.0 Å². The number of nitrogens with one attached hydrogen (secondary N) is 3. The van der Waals surface area contributed by atoms with Gasteiger partial charge in [-0.3, -0.25) is 4.79 Å². The highest BCUT2D eigenvalue weighted by atomic mass is 16.1. The van der Waals surface area contributed by atoms with Crippen molar-refractivity contribution in [2.75, 3.05) is 19.6 Å². The minimum Gasteiger partial charge on any atom is -0.357 e. The molecule has 0 heterocycles.